The average molecular weight is 638 g/mol. The van der Waals surface area contributed by atoms with Crippen LogP contribution in [0.15, 0.2) is 72.9 Å². The van der Waals surface area contributed by atoms with E-state index < -0.39 is 0 Å². The first-order valence-electron chi connectivity index (χ1n) is 19.5. The van der Waals surface area contributed by atoms with E-state index in [1.807, 2.05) is 7.05 Å². The van der Waals surface area contributed by atoms with E-state index in [9.17, 15) is 4.79 Å². The van der Waals surface area contributed by atoms with Crippen LogP contribution in [0.2, 0.25) is 0 Å². The monoisotopic (exact) mass is 638 g/mol. The van der Waals surface area contributed by atoms with Crippen LogP contribution in [-0.4, -0.2) is 25.7 Å². The van der Waals surface area contributed by atoms with E-state index in [-0.39, 0.29) is 12.1 Å². The topological polar surface area (TPSA) is 38.3 Å². The van der Waals surface area contributed by atoms with Crippen LogP contribution in [0.25, 0.3) is 0 Å². The summed E-state index contributed by atoms with van der Waals surface area (Å²) in [6.07, 6.45) is 56.0. The molecule has 0 aliphatic rings. The standard InChI is InChI=1S/C43H75NO2/c1-4-6-8-10-12-14-16-18-20-22-24-26-28-30-32-34-38-42(46-43(45)40-36-37-41-44-3)39-35-33-31-29-27-25-23-21-19-17-15-13-11-9-7-5-2/h8-11,14-17,20-23,42,44H,4-7,12-13,18-19,24-41H2,1-3H3/b10-8-,11-9-,16-14-,17-15-,22-20-,23-21-. The van der Waals surface area contributed by atoms with Crippen LogP contribution < -0.4 is 5.32 Å². The summed E-state index contributed by atoms with van der Waals surface area (Å²) >= 11 is 0. The zero-order valence-corrected chi connectivity index (χ0v) is 30.7. The summed E-state index contributed by atoms with van der Waals surface area (Å²) < 4.78 is 5.98. The van der Waals surface area contributed by atoms with E-state index in [0.29, 0.717) is 6.42 Å². The Kier molecular flexibility index (Phi) is 37.2. The van der Waals surface area contributed by atoms with Crippen molar-refractivity contribution in [2.75, 3.05) is 13.6 Å². The van der Waals surface area contributed by atoms with Gasteiger partial charge in [0.05, 0.1) is 0 Å². The number of unbranched alkanes of at least 4 members (excludes halogenated alkanes) is 13. The maximum Gasteiger partial charge on any atom is 0.306 e. The highest BCUT2D eigenvalue weighted by Crippen LogP contribution is 2.18. The highest BCUT2D eigenvalue weighted by Gasteiger charge is 2.14. The molecule has 3 nitrogen and oxygen atoms in total. The minimum absolute atomic E-state index is 0.00489. The summed E-state index contributed by atoms with van der Waals surface area (Å²) in [7, 11) is 1.96. The van der Waals surface area contributed by atoms with Gasteiger partial charge in [0.2, 0.25) is 0 Å². The van der Waals surface area contributed by atoms with Crippen LogP contribution in [0.1, 0.15) is 174 Å². The zero-order chi connectivity index (χ0) is 33.4. The molecule has 0 unspecified atom stereocenters. The molecule has 0 aromatic carbocycles. The number of allylic oxidation sites excluding steroid dienone is 12. The Bertz CT molecular complexity index is 750. The predicted molar refractivity (Wildman–Crippen MR) is 205 cm³/mol. The summed E-state index contributed by atoms with van der Waals surface area (Å²) in [5.41, 5.74) is 0. The Hall–Kier alpha value is -2.13. The van der Waals surface area contributed by atoms with E-state index in [2.05, 4.69) is 92.1 Å². The van der Waals surface area contributed by atoms with Crippen molar-refractivity contribution in [3.8, 4) is 0 Å². The summed E-state index contributed by atoms with van der Waals surface area (Å²) in [4.78, 5) is 12.5. The van der Waals surface area contributed by atoms with Gasteiger partial charge in [-0.2, -0.15) is 0 Å². The van der Waals surface area contributed by atoms with Crippen LogP contribution in [0, 0.1) is 0 Å². The fraction of sp³-hybridized carbons (Fsp3) is 0.698. The number of nitrogens with one attached hydrogen (secondary N) is 1. The summed E-state index contributed by atoms with van der Waals surface area (Å²) in [6, 6.07) is 0. The van der Waals surface area contributed by atoms with Crippen molar-refractivity contribution in [3.63, 3.8) is 0 Å². The second-order valence-electron chi connectivity index (χ2n) is 12.7. The highest BCUT2D eigenvalue weighted by atomic mass is 16.5. The van der Waals surface area contributed by atoms with E-state index in [1.54, 1.807) is 0 Å². The van der Waals surface area contributed by atoms with Gasteiger partial charge in [-0.3, -0.25) is 4.79 Å². The highest BCUT2D eigenvalue weighted by molar-refractivity contribution is 5.69. The van der Waals surface area contributed by atoms with Gasteiger partial charge < -0.3 is 10.1 Å². The third kappa shape index (κ3) is 36.3. The second kappa shape index (κ2) is 39.1. The van der Waals surface area contributed by atoms with E-state index in [4.69, 9.17) is 4.74 Å². The van der Waals surface area contributed by atoms with E-state index in [1.165, 1.54) is 103 Å². The Morgan fingerprint density at radius 2 is 0.891 bits per heavy atom. The number of carbonyl (C=O) groups is 1. The minimum Gasteiger partial charge on any atom is -0.462 e. The number of rotatable bonds is 34. The molecule has 0 rings (SSSR count). The molecule has 0 aliphatic carbocycles. The first-order chi connectivity index (χ1) is 22.7. The third-order valence-electron chi connectivity index (χ3n) is 8.15. The molecule has 0 heterocycles. The molecular weight excluding hydrogens is 562 g/mol. The summed E-state index contributed by atoms with van der Waals surface area (Å²) in [5, 5.41) is 3.16. The number of carbonyl (C=O) groups excluding carboxylic acids is 1. The van der Waals surface area contributed by atoms with Crippen molar-refractivity contribution in [2.24, 2.45) is 0 Å². The van der Waals surface area contributed by atoms with Gasteiger partial charge in [-0.15, -0.1) is 0 Å². The minimum atomic E-state index is 0.00489. The largest absolute Gasteiger partial charge is 0.462 e. The first kappa shape index (κ1) is 43.9. The quantitative estimate of drug-likeness (QED) is 0.0433. The molecule has 46 heavy (non-hydrogen) atoms. The Morgan fingerprint density at radius 1 is 0.500 bits per heavy atom. The molecular formula is C43H75NO2. The van der Waals surface area contributed by atoms with Gasteiger partial charge in [0.15, 0.2) is 0 Å². The molecule has 0 bridgehead atoms. The smallest absolute Gasteiger partial charge is 0.306 e. The summed E-state index contributed by atoms with van der Waals surface area (Å²) in [5.74, 6) is 0.00489. The first-order valence-corrected chi connectivity index (χ1v) is 19.5. The van der Waals surface area contributed by atoms with Crippen molar-refractivity contribution >= 4 is 5.97 Å². The second-order valence-corrected chi connectivity index (χ2v) is 12.7. The van der Waals surface area contributed by atoms with Crippen molar-refractivity contribution in [3.05, 3.63) is 72.9 Å². The molecule has 0 atom stereocenters. The maximum atomic E-state index is 12.5. The Morgan fingerprint density at radius 3 is 1.33 bits per heavy atom. The van der Waals surface area contributed by atoms with E-state index >= 15 is 0 Å². The molecule has 1 N–H and O–H groups in total. The van der Waals surface area contributed by atoms with E-state index in [0.717, 1.165) is 57.9 Å². The normalized spacial score (nSPS) is 12.6. The van der Waals surface area contributed by atoms with Crippen LogP contribution >= 0.6 is 0 Å². The lowest BCUT2D eigenvalue weighted by molar-refractivity contribution is -0.150. The molecule has 0 saturated carbocycles. The lowest BCUT2D eigenvalue weighted by atomic mass is 10.0. The van der Waals surface area contributed by atoms with Gasteiger partial charge in [-0.25, -0.2) is 0 Å². The van der Waals surface area contributed by atoms with Crippen LogP contribution in [0.4, 0.5) is 0 Å². The number of hydrogen-bond donors (Lipinski definition) is 1. The summed E-state index contributed by atoms with van der Waals surface area (Å²) in [6.45, 7) is 5.40. The zero-order valence-electron chi connectivity index (χ0n) is 30.7. The van der Waals surface area contributed by atoms with Gasteiger partial charge >= 0.3 is 5.97 Å². The number of ether oxygens (including phenoxy) is 1. The van der Waals surface area contributed by atoms with Crippen LogP contribution in [-0.2, 0) is 9.53 Å². The van der Waals surface area contributed by atoms with Gasteiger partial charge in [0, 0.05) is 6.42 Å². The lowest BCUT2D eigenvalue weighted by Gasteiger charge is -2.18. The predicted octanol–water partition coefficient (Wildman–Crippen LogP) is 13.2. The molecule has 0 aromatic rings. The van der Waals surface area contributed by atoms with Crippen LogP contribution in [0.5, 0.6) is 0 Å². The van der Waals surface area contributed by atoms with Crippen molar-refractivity contribution < 1.29 is 9.53 Å². The number of hydrogen-bond acceptors (Lipinski definition) is 3. The molecule has 3 heteroatoms. The Balaban J connectivity index is 4.07. The average Bonchev–Trinajstić information content (AvgIpc) is 3.06. The molecule has 0 saturated heterocycles. The van der Waals surface area contributed by atoms with Crippen molar-refractivity contribution in [2.45, 2.75) is 180 Å². The van der Waals surface area contributed by atoms with Gasteiger partial charge in [-0.1, -0.05) is 138 Å². The lowest BCUT2D eigenvalue weighted by Crippen LogP contribution is -2.18. The number of esters is 1. The molecule has 264 valence electrons. The Labute approximate surface area is 287 Å². The molecule has 0 fully saturated rings. The van der Waals surface area contributed by atoms with Crippen LogP contribution in [0.3, 0.4) is 0 Å². The fourth-order valence-electron chi connectivity index (χ4n) is 5.30. The SMILES string of the molecule is CCC/C=C\C/C=C\C/C=C\CCCCCCCC(CCCCCCC/C=C\C/C=C\C/C=C\CCC)OC(=O)CCCCNC. The maximum absolute atomic E-state index is 12.5. The third-order valence-corrected chi connectivity index (χ3v) is 8.15. The molecule has 0 radical (unpaired) electrons. The van der Waals surface area contributed by atoms with Gasteiger partial charge in [0.25, 0.3) is 0 Å². The fourth-order valence-corrected chi connectivity index (χ4v) is 5.30. The molecule has 0 spiro atoms. The van der Waals surface area contributed by atoms with Gasteiger partial charge in [0.1, 0.15) is 6.10 Å². The molecule has 0 amide bonds. The molecule has 0 aromatic heterocycles. The van der Waals surface area contributed by atoms with Gasteiger partial charge in [-0.05, 0) is 116 Å². The van der Waals surface area contributed by atoms with Crippen molar-refractivity contribution in [1.29, 1.82) is 0 Å². The molecule has 0 aliphatic heterocycles. The van der Waals surface area contributed by atoms with Crippen molar-refractivity contribution in [1.82, 2.24) is 5.32 Å².